The molecule has 0 saturated carbocycles. The summed E-state index contributed by atoms with van der Waals surface area (Å²) >= 11 is 0. The Balaban J connectivity index is 2.39. The molecule has 0 amide bonds. The maximum Gasteiger partial charge on any atom is 0.235 e. The number of benzene rings is 2. The van der Waals surface area contributed by atoms with Gasteiger partial charge in [0, 0.05) is 5.56 Å². The Bertz CT molecular complexity index is 599. The molecule has 0 aliphatic heterocycles. The first kappa shape index (κ1) is 13.1. The van der Waals surface area contributed by atoms with Crippen molar-refractivity contribution in [2.75, 3.05) is 0 Å². The summed E-state index contributed by atoms with van der Waals surface area (Å²) in [4.78, 5) is 14.4. The summed E-state index contributed by atoms with van der Waals surface area (Å²) in [6.45, 7) is 3.70. The van der Waals surface area contributed by atoms with E-state index in [-0.39, 0.29) is 0 Å². The highest BCUT2D eigenvalue weighted by molar-refractivity contribution is 5.44. The van der Waals surface area contributed by atoms with Crippen LogP contribution in [0.3, 0.4) is 0 Å². The van der Waals surface area contributed by atoms with Gasteiger partial charge in [-0.05, 0) is 32.0 Å². The van der Waals surface area contributed by atoms with Gasteiger partial charge in [0.1, 0.15) is 11.5 Å². The second kappa shape index (κ2) is 5.51. The largest absolute Gasteiger partial charge is 0.457 e. The molecule has 0 N–H and O–H groups in total. The van der Waals surface area contributed by atoms with Crippen LogP contribution in [0.2, 0.25) is 0 Å². The molecule has 0 bridgehead atoms. The van der Waals surface area contributed by atoms with Crippen LogP contribution in [0, 0.1) is 0 Å². The first-order chi connectivity index (χ1) is 9.13. The highest BCUT2D eigenvalue weighted by atomic mass is 16.5. The molecule has 19 heavy (non-hydrogen) atoms. The quantitative estimate of drug-likeness (QED) is 0.609. The Morgan fingerprint density at radius 1 is 1.00 bits per heavy atom. The smallest absolute Gasteiger partial charge is 0.235 e. The van der Waals surface area contributed by atoms with E-state index in [0.717, 1.165) is 11.3 Å². The van der Waals surface area contributed by atoms with E-state index in [1.54, 1.807) is 6.08 Å². The van der Waals surface area contributed by atoms with E-state index >= 15 is 0 Å². The number of carbonyl (C=O) groups excluding carboxylic acids is 1. The first-order valence-electron chi connectivity index (χ1n) is 6.05. The van der Waals surface area contributed by atoms with Crippen molar-refractivity contribution in [2.24, 2.45) is 4.99 Å². The highest BCUT2D eigenvalue weighted by Crippen LogP contribution is 2.34. The van der Waals surface area contributed by atoms with Crippen LogP contribution in [0.4, 0.5) is 0 Å². The van der Waals surface area contributed by atoms with Gasteiger partial charge in [0.05, 0.1) is 5.54 Å². The number of hydrogen-bond donors (Lipinski definition) is 0. The van der Waals surface area contributed by atoms with Crippen molar-refractivity contribution in [2.45, 2.75) is 19.4 Å². The Labute approximate surface area is 112 Å². The van der Waals surface area contributed by atoms with E-state index in [9.17, 15) is 4.79 Å². The number of hydrogen-bond acceptors (Lipinski definition) is 3. The van der Waals surface area contributed by atoms with Crippen LogP contribution in [0.5, 0.6) is 11.5 Å². The van der Waals surface area contributed by atoms with Gasteiger partial charge in [-0.15, -0.1) is 0 Å². The van der Waals surface area contributed by atoms with Gasteiger partial charge < -0.3 is 4.74 Å². The molecular formula is C16H15NO2. The van der Waals surface area contributed by atoms with Crippen molar-refractivity contribution in [3.8, 4) is 11.5 Å². The van der Waals surface area contributed by atoms with E-state index in [4.69, 9.17) is 4.74 Å². The molecule has 0 atom stereocenters. The molecule has 96 valence electrons. The number of ether oxygens (including phenoxy) is 1. The first-order valence-corrected chi connectivity index (χ1v) is 6.05. The monoisotopic (exact) mass is 253 g/mol. The minimum absolute atomic E-state index is 0.660. The second-order valence-corrected chi connectivity index (χ2v) is 4.67. The molecule has 3 nitrogen and oxygen atoms in total. The fraction of sp³-hybridized carbons (Fsp3) is 0.188. The fourth-order valence-electron chi connectivity index (χ4n) is 1.85. The van der Waals surface area contributed by atoms with Crippen LogP contribution >= 0.6 is 0 Å². The van der Waals surface area contributed by atoms with Gasteiger partial charge in [-0.1, -0.05) is 36.4 Å². The predicted octanol–water partition coefficient (Wildman–Crippen LogP) is 4.05. The summed E-state index contributed by atoms with van der Waals surface area (Å²) in [6.07, 6.45) is 1.62. The van der Waals surface area contributed by atoms with Gasteiger partial charge in [-0.2, -0.15) is 4.99 Å². The van der Waals surface area contributed by atoms with Gasteiger partial charge in [0.2, 0.25) is 6.08 Å². The zero-order valence-corrected chi connectivity index (χ0v) is 11.0. The van der Waals surface area contributed by atoms with E-state index in [2.05, 4.69) is 4.99 Å². The Morgan fingerprint density at radius 2 is 1.63 bits per heavy atom. The lowest BCUT2D eigenvalue weighted by Gasteiger charge is -2.21. The maximum absolute atomic E-state index is 10.5. The molecule has 0 aliphatic rings. The van der Waals surface area contributed by atoms with Crippen molar-refractivity contribution in [3.63, 3.8) is 0 Å². The Morgan fingerprint density at radius 3 is 2.32 bits per heavy atom. The summed E-state index contributed by atoms with van der Waals surface area (Å²) in [6, 6.07) is 17.1. The van der Waals surface area contributed by atoms with Gasteiger partial charge in [-0.25, -0.2) is 4.79 Å². The van der Waals surface area contributed by atoms with Crippen LogP contribution in [-0.2, 0) is 10.3 Å². The fourth-order valence-corrected chi connectivity index (χ4v) is 1.85. The number of para-hydroxylation sites is 2. The maximum atomic E-state index is 10.5. The molecule has 0 spiro atoms. The summed E-state index contributed by atoms with van der Waals surface area (Å²) in [5.41, 5.74) is 0.190. The van der Waals surface area contributed by atoms with Crippen LogP contribution in [0.15, 0.2) is 59.6 Å². The van der Waals surface area contributed by atoms with Crippen LogP contribution in [-0.4, -0.2) is 6.08 Å². The number of isocyanates is 1. The van der Waals surface area contributed by atoms with Crippen LogP contribution in [0.25, 0.3) is 0 Å². The number of aliphatic imine (C=N–C) groups is 1. The lowest BCUT2D eigenvalue weighted by atomic mass is 9.94. The lowest BCUT2D eigenvalue weighted by molar-refractivity contribution is 0.448. The number of nitrogens with zero attached hydrogens (tertiary/aromatic N) is 1. The average molecular weight is 253 g/mol. The van der Waals surface area contributed by atoms with Crippen molar-refractivity contribution in [1.82, 2.24) is 0 Å². The van der Waals surface area contributed by atoms with Gasteiger partial charge in [0.25, 0.3) is 0 Å². The zero-order chi connectivity index (χ0) is 13.7. The Hall–Kier alpha value is -2.38. The molecule has 2 rings (SSSR count). The van der Waals surface area contributed by atoms with Crippen LogP contribution < -0.4 is 4.74 Å². The molecule has 2 aromatic rings. The van der Waals surface area contributed by atoms with E-state index in [0.29, 0.717) is 5.75 Å². The minimum Gasteiger partial charge on any atom is -0.457 e. The molecule has 0 aromatic heterocycles. The predicted molar refractivity (Wildman–Crippen MR) is 74.1 cm³/mol. The molecule has 3 heteroatoms. The molecule has 0 radical (unpaired) electrons. The molecule has 0 heterocycles. The van der Waals surface area contributed by atoms with E-state index in [1.165, 1.54) is 0 Å². The minimum atomic E-state index is -0.660. The molecular weight excluding hydrogens is 238 g/mol. The van der Waals surface area contributed by atoms with Crippen molar-refractivity contribution in [3.05, 3.63) is 60.2 Å². The summed E-state index contributed by atoms with van der Waals surface area (Å²) < 4.78 is 5.85. The third-order valence-electron chi connectivity index (χ3n) is 2.84. The molecule has 0 aliphatic carbocycles. The highest BCUT2D eigenvalue weighted by Gasteiger charge is 2.23. The van der Waals surface area contributed by atoms with Crippen molar-refractivity contribution >= 4 is 6.08 Å². The second-order valence-electron chi connectivity index (χ2n) is 4.67. The topological polar surface area (TPSA) is 38.7 Å². The van der Waals surface area contributed by atoms with Crippen molar-refractivity contribution < 1.29 is 9.53 Å². The molecule has 0 fully saturated rings. The summed E-state index contributed by atoms with van der Waals surface area (Å²) in [5, 5.41) is 0. The Kier molecular flexibility index (Phi) is 3.79. The zero-order valence-electron chi connectivity index (χ0n) is 11.0. The van der Waals surface area contributed by atoms with Gasteiger partial charge in [0.15, 0.2) is 0 Å². The normalized spacial score (nSPS) is 10.6. The SMILES string of the molecule is CC(C)(N=C=O)c1ccccc1Oc1ccccc1. The third-order valence-corrected chi connectivity index (χ3v) is 2.84. The number of rotatable bonds is 4. The third kappa shape index (κ3) is 3.09. The standard InChI is InChI=1S/C16H15NO2/c1-16(2,17-12-18)14-10-6-7-11-15(14)19-13-8-4-3-5-9-13/h3-11H,1-2H3. The molecule has 0 saturated heterocycles. The molecule has 0 unspecified atom stereocenters. The van der Waals surface area contributed by atoms with E-state index in [1.807, 2.05) is 68.4 Å². The lowest BCUT2D eigenvalue weighted by Crippen LogP contribution is -2.14. The summed E-state index contributed by atoms with van der Waals surface area (Å²) in [7, 11) is 0. The van der Waals surface area contributed by atoms with Gasteiger partial charge in [-0.3, -0.25) is 0 Å². The van der Waals surface area contributed by atoms with Crippen LogP contribution in [0.1, 0.15) is 19.4 Å². The average Bonchev–Trinajstić information content (AvgIpc) is 2.40. The molecule has 2 aromatic carbocycles. The van der Waals surface area contributed by atoms with E-state index < -0.39 is 5.54 Å². The summed E-state index contributed by atoms with van der Waals surface area (Å²) in [5.74, 6) is 1.44. The van der Waals surface area contributed by atoms with Crippen molar-refractivity contribution in [1.29, 1.82) is 0 Å². The van der Waals surface area contributed by atoms with Gasteiger partial charge >= 0.3 is 0 Å².